The number of rotatable bonds is 5. The van der Waals surface area contributed by atoms with Crippen molar-refractivity contribution in [2.45, 2.75) is 12.8 Å². The summed E-state index contributed by atoms with van der Waals surface area (Å²) in [6, 6.07) is 6.21. The van der Waals surface area contributed by atoms with Crippen LogP contribution >= 0.6 is 0 Å². The van der Waals surface area contributed by atoms with E-state index in [-0.39, 0.29) is 17.2 Å². The van der Waals surface area contributed by atoms with Crippen LogP contribution in [0.3, 0.4) is 0 Å². The van der Waals surface area contributed by atoms with Crippen molar-refractivity contribution in [3.63, 3.8) is 0 Å². The molecule has 0 aromatic heterocycles. The molecule has 0 radical (unpaired) electrons. The van der Waals surface area contributed by atoms with E-state index in [4.69, 9.17) is 5.26 Å². The van der Waals surface area contributed by atoms with Gasteiger partial charge in [0.05, 0.1) is 16.2 Å². The standard InChI is InChI=1S/C14H16N4O3/c1-16(7-8-17-6-2-3-14(17)19)13-5-4-12(18(20)21)9-11(13)10-15/h4-5,9H,2-3,6-8H2,1H3. The van der Waals surface area contributed by atoms with Crippen LogP contribution < -0.4 is 4.90 Å². The van der Waals surface area contributed by atoms with Crippen LogP contribution in [0, 0.1) is 21.4 Å². The number of carbonyl (C=O) groups is 1. The molecule has 1 aromatic rings. The first-order valence-corrected chi connectivity index (χ1v) is 6.70. The van der Waals surface area contributed by atoms with Crippen molar-refractivity contribution in [3.8, 4) is 6.07 Å². The molecule has 1 fully saturated rings. The van der Waals surface area contributed by atoms with E-state index in [9.17, 15) is 14.9 Å². The highest BCUT2D eigenvalue weighted by molar-refractivity contribution is 5.78. The third-order valence-electron chi connectivity index (χ3n) is 3.60. The molecule has 0 aliphatic carbocycles. The highest BCUT2D eigenvalue weighted by atomic mass is 16.6. The zero-order valence-electron chi connectivity index (χ0n) is 11.8. The van der Waals surface area contributed by atoms with Gasteiger partial charge in [-0.05, 0) is 12.5 Å². The lowest BCUT2D eigenvalue weighted by Gasteiger charge is -2.24. The number of amides is 1. The quantitative estimate of drug-likeness (QED) is 0.605. The molecule has 2 rings (SSSR count). The lowest BCUT2D eigenvalue weighted by Crippen LogP contribution is -2.34. The second-order valence-corrected chi connectivity index (χ2v) is 4.98. The summed E-state index contributed by atoms with van der Waals surface area (Å²) in [5.41, 5.74) is 0.799. The molecule has 1 saturated heterocycles. The number of likely N-dealkylation sites (N-methyl/N-ethyl adjacent to an activating group) is 1. The Hall–Kier alpha value is -2.62. The summed E-state index contributed by atoms with van der Waals surface area (Å²) < 4.78 is 0. The lowest BCUT2D eigenvalue weighted by molar-refractivity contribution is -0.384. The molecule has 7 nitrogen and oxygen atoms in total. The van der Waals surface area contributed by atoms with Crippen LogP contribution in [0.5, 0.6) is 0 Å². The summed E-state index contributed by atoms with van der Waals surface area (Å²) in [7, 11) is 1.81. The van der Waals surface area contributed by atoms with Gasteiger partial charge in [-0.3, -0.25) is 14.9 Å². The van der Waals surface area contributed by atoms with Crippen molar-refractivity contribution < 1.29 is 9.72 Å². The Morgan fingerprint density at radius 3 is 2.86 bits per heavy atom. The minimum Gasteiger partial charge on any atom is -0.372 e. The number of benzene rings is 1. The average Bonchev–Trinajstić information content (AvgIpc) is 2.89. The first-order chi connectivity index (χ1) is 10.0. The second-order valence-electron chi connectivity index (χ2n) is 4.98. The van der Waals surface area contributed by atoms with Gasteiger partial charge in [-0.15, -0.1) is 0 Å². The molecule has 0 atom stereocenters. The minimum absolute atomic E-state index is 0.0987. The highest BCUT2D eigenvalue weighted by Crippen LogP contribution is 2.24. The number of carbonyl (C=O) groups excluding carboxylic acids is 1. The number of nitrogens with zero attached hydrogens (tertiary/aromatic N) is 4. The number of nitro benzene ring substituents is 1. The van der Waals surface area contributed by atoms with Crippen LogP contribution in [0.4, 0.5) is 11.4 Å². The lowest BCUT2D eigenvalue weighted by atomic mass is 10.1. The maximum Gasteiger partial charge on any atom is 0.270 e. The minimum atomic E-state index is -0.520. The van der Waals surface area contributed by atoms with E-state index in [0.29, 0.717) is 25.2 Å². The molecule has 110 valence electrons. The van der Waals surface area contributed by atoms with Crippen LogP contribution in [0.1, 0.15) is 18.4 Å². The number of likely N-dealkylation sites (tertiary alicyclic amines) is 1. The zero-order valence-corrected chi connectivity index (χ0v) is 11.8. The Labute approximate surface area is 122 Å². The second kappa shape index (κ2) is 6.22. The van der Waals surface area contributed by atoms with Gasteiger partial charge < -0.3 is 9.80 Å². The fraction of sp³-hybridized carbons (Fsp3) is 0.429. The number of anilines is 1. The van der Waals surface area contributed by atoms with Gasteiger partial charge in [-0.25, -0.2) is 0 Å². The molecular formula is C14H16N4O3. The summed E-state index contributed by atoms with van der Waals surface area (Å²) in [6.45, 7) is 1.95. The molecule has 1 aliphatic heterocycles. The molecule has 21 heavy (non-hydrogen) atoms. The molecule has 7 heteroatoms. The largest absolute Gasteiger partial charge is 0.372 e. The van der Waals surface area contributed by atoms with Gasteiger partial charge in [0, 0.05) is 45.2 Å². The van der Waals surface area contributed by atoms with E-state index < -0.39 is 4.92 Å². The fourth-order valence-corrected chi connectivity index (χ4v) is 2.39. The summed E-state index contributed by atoms with van der Waals surface area (Å²) in [5, 5.41) is 19.9. The Morgan fingerprint density at radius 2 is 2.29 bits per heavy atom. The monoisotopic (exact) mass is 288 g/mol. The third kappa shape index (κ3) is 3.28. The van der Waals surface area contributed by atoms with Crippen LogP contribution in [-0.2, 0) is 4.79 Å². The van der Waals surface area contributed by atoms with Crippen molar-refractivity contribution in [1.82, 2.24) is 4.90 Å². The first kappa shape index (κ1) is 14.8. The smallest absolute Gasteiger partial charge is 0.270 e. The number of nitriles is 1. The van der Waals surface area contributed by atoms with Crippen molar-refractivity contribution in [2.24, 2.45) is 0 Å². The van der Waals surface area contributed by atoms with E-state index in [1.54, 1.807) is 11.0 Å². The molecule has 1 amide bonds. The molecule has 1 aromatic carbocycles. The molecule has 1 aliphatic rings. The van der Waals surface area contributed by atoms with Gasteiger partial charge in [0.25, 0.3) is 5.69 Å². The first-order valence-electron chi connectivity index (χ1n) is 6.70. The molecule has 0 unspecified atom stereocenters. The van der Waals surface area contributed by atoms with Gasteiger partial charge in [-0.2, -0.15) is 5.26 Å². The van der Waals surface area contributed by atoms with Crippen LogP contribution in [-0.4, -0.2) is 42.4 Å². The van der Waals surface area contributed by atoms with Gasteiger partial charge in [-0.1, -0.05) is 0 Å². The van der Waals surface area contributed by atoms with Crippen molar-refractivity contribution >= 4 is 17.3 Å². The van der Waals surface area contributed by atoms with E-state index >= 15 is 0 Å². The maximum absolute atomic E-state index is 11.5. The normalized spacial score (nSPS) is 14.1. The third-order valence-corrected chi connectivity index (χ3v) is 3.60. The fourth-order valence-electron chi connectivity index (χ4n) is 2.39. The Balaban J connectivity index is 2.08. The molecule has 0 saturated carbocycles. The van der Waals surface area contributed by atoms with Crippen molar-refractivity contribution in [2.75, 3.05) is 31.6 Å². The van der Waals surface area contributed by atoms with E-state index in [2.05, 4.69) is 0 Å². The van der Waals surface area contributed by atoms with Gasteiger partial charge >= 0.3 is 0 Å². The number of non-ortho nitro benzene ring substituents is 1. The number of nitro groups is 1. The predicted octanol–water partition coefficient (Wildman–Crippen LogP) is 1.53. The van der Waals surface area contributed by atoms with E-state index in [1.807, 2.05) is 18.0 Å². The van der Waals surface area contributed by atoms with E-state index in [1.165, 1.54) is 12.1 Å². The predicted molar refractivity (Wildman–Crippen MR) is 76.9 cm³/mol. The Bertz CT molecular complexity index is 609. The maximum atomic E-state index is 11.5. The molecular weight excluding hydrogens is 272 g/mol. The SMILES string of the molecule is CN(CCN1CCCC1=O)c1ccc([N+](=O)[O-])cc1C#N. The Morgan fingerprint density at radius 1 is 1.52 bits per heavy atom. The van der Waals surface area contributed by atoms with Crippen LogP contribution in [0.2, 0.25) is 0 Å². The number of hydrogen-bond acceptors (Lipinski definition) is 5. The van der Waals surface area contributed by atoms with Crippen LogP contribution in [0.15, 0.2) is 18.2 Å². The van der Waals surface area contributed by atoms with Gasteiger partial charge in [0.15, 0.2) is 0 Å². The van der Waals surface area contributed by atoms with Gasteiger partial charge in [0.1, 0.15) is 6.07 Å². The highest BCUT2D eigenvalue weighted by Gasteiger charge is 2.20. The summed E-state index contributed by atoms with van der Waals surface area (Å²) >= 11 is 0. The topological polar surface area (TPSA) is 90.5 Å². The summed E-state index contributed by atoms with van der Waals surface area (Å²) in [5.74, 6) is 0.160. The molecule has 1 heterocycles. The van der Waals surface area contributed by atoms with Crippen molar-refractivity contribution in [1.29, 1.82) is 5.26 Å². The molecule has 0 bridgehead atoms. The van der Waals surface area contributed by atoms with Crippen LogP contribution in [0.25, 0.3) is 0 Å². The average molecular weight is 288 g/mol. The van der Waals surface area contributed by atoms with Gasteiger partial charge in [0.2, 0.25) is 5.91 Å². The summed E-state index contributed by atoms with van der Waals surface area (Å²) in [6.07, 6.45) is 1.49. The van der Waals surface area contributed by atoms with E-state index in [0.717, 1.165) is 13.0 Å². The Kier molecular flexibility index (Phi) is 4.38. The number of hydrogen-bond donors (Lipinski definition) is 0. The molecule has 0 N–H and O–H groups in total. The summed E-state index contributed by atoms with van der Waals surface area (Å²) in [4.78, 5) is 25.4. The zero-order chi connectivity index (χ0) is 15.4. The van der Waals surface area contributed by atoms with Crippen molar-refractivity contribution in [3.05, 3.63) is 33.9 Å². The molecule has 0 spiro atoms.